The Morgan fingerprint density at radius 3 is 2.75 bits per heavy atom. The van der Waals surface area contributed by atoms with Crippen molar-refractivity contribution in [1.29, 1.82) is 0 Å². The van der Waals surface area contributed by atoms with E-state index >= 15 is 0 Å². The van der Waals surface area contributed by atoms with Crippen LogP contribution in [0.3, 0.4) is 0 Å². The van der Waals surface area contributed by atoms with Gasteiger partial charge in [0.15, 0.2) is 0 Å². The molecular weight excluding hydrogens is 344 g/mol. The SMILES string of the molecule is CNC(=O)NC(=O)CSc1ncnc2scc(-c3ccccc3)c12. The molecule has 6 nitrogen and oxygen atoms in total. The summed E-state index contributed by atoms with van der Waals surface area (Å²) in [5.74, 6) is -0.272. The zero-order valence-electron chi connectivity index (χ0n) is 12.8. The smallest absolute Gasteiger partial charge is 0.321 e. The predicted molar refractivity (Wildman–Crippen MR) is 96.2 cm³/mol. The van der Waals surface area contributed by atoms with Gasteiger partial charge in [-0.15, -0.1) is 11.3 Å². The van der Waals surface area contributed by atoms with E-state index in [9.17, 15) is 9.59 Å². The monoisotopic (exact) mass is 358 g/mol. The minimum atomic E-state index is -0.519. The number of hydrogen-bond acceptors (Lipinski definition) is 6. The van der Waals surface area contributed by atoms with Gasteiger partial charge < -0.3 is 5.32 Å². The van der Waals surface area contributed by atoms with E-state index in [1.807, 2.05) is 35.7 Å². The number of nitrogens with zero attached hydrogens (tertiary/aromatic N) is 2. The molecule has 2 heterocycles. The third-order valence-corrected chi connectivity index (χ3v) is 5.12. The third-order valence-electron chi connectivity index (χ3n) is 3.24. The average Bonchev–Trinajstić information content (AvgIpc) is 3.05. The molecular formula is C16H14N4O2S2. The van der Waals surface area contributed by atoms with E-state index in [0.29, 0.717) is 0 Å². The average molecular weight is 358 g/mol. The zero-order valence-corrected chi connectivity index (χ0v) is 14.4. The first-order valence-electron chi connectivity index (χ1n) is 7.11. The maximum Gasteiger partial charge on any atom is 0.321 e. The fourth-order valence-electron chi connectivity index (χ4n) is 2.15. The van der Waals surface area contributed by atoms with E-state index in [2.05, 4.69) is 20.6 Å². The van der Waals surface area contributed by atoms with Crippen molar-refractivity contribution in [2.45, 2.75) is 5.03 Å². The third kappa shape index (κ3) is 3.55. The van der Waals surface area contributed by atoms with Crippen LogP contribution in [0.25, 0.3) is 21.3 Å². The molecule has 122 valence electrons. The van der Waals surface area contributed by atoms with Crippen LogP contribution >= 0.6 is 23.1 Å². The van der Waals surface area contributed by atoms with Crippen LogP contribution in [0.2, 0.25) is 0 Å². The molecule has 3 rings (SSSR count). The lowest BCUT2D eigenvalue weighted by Gasteiger charge is -2.05. The van der Waals surface area contributed by atoms with Gasteiger partial charge in [0.1, 0.15) is 16.2 Å². The Morgan fingerprint density at radius 2 is 2.00 bits per heavy atom. The first-order chi connectivity index (χ1) is 11.7. The maximum atomic E-state index is 11.8. The van der Waals surface area contributed by atoms with Crippen molar-refractivity contribution >= 4 is 45.3 Å². The Bertz CT molecular complexity index is 880. The van der Waals surface area contributed by atoms with Gasteiger partial charge >= 0.3 is 6.03 Å². The molecule has 0 atom stereocenters. The van der Waals surface area contributed by atoms with Gasteiger partial charge in [0.25, 0.3) is 0 Å². The maximum absolute atomic E-state index is 11.8. The Kier molecular flexibility index (Phi) is 5.07. The second-order valence-electron chi connectivity index (χ2n) is 4.79. The van der Waals surface area contributed by atoms with Crippen molar-refractivity contribution in [1.82, 2.24) is 20.6 Å². The second kappa shape index (κ2) is 7.41. The van der Waals surface area contributed by atoms with Crippen molar-refractivity contribution in [2.75, 3.05) is 12.8 Å². The standard InChI is InChI=1S/C16H14N4O2S2/c1-17-16(22)20-12(21)8-24-15-13-11(10-5-3-2-4-6-10)7-23-14(13)18-9-19-15/h2-7,9H,8H2,1H3,(H2,17,20,21,22). The molecule has 1 aromatic carbocycles. The van der Waals surface area contributed by atoms with Crippen LogP contribution in [0.5, 0.6) is 0 Å². The number of thiophene rings is 1. The fourth-order valence-corrected chi connectivity index (χ4v) is 3.94. The fraction of sp³-hybridized carbons (Fsp3) is 0.125. The minimum Gasteiger partial charge on any atom is -0.341 e. The number of carbonyl (C=O) groups is 2. The van der Waals surface area contributed by atoms with Crippen LogP contribution in [0, 0.1) is 0 Å². The van der Waals surface area contributed by atoms with Gasteiger partial charge in [-0.1, -0.05) is 42.1 Å². The number of nitrogens with one attached hydrogen (secondary N) is 2. The number of thioether (sulfide) groups is 1. The normalized spacial score (nSPS) is 10.5. The van der Waals surface area contributed by atoms with Crippen molar-refractivity contribution in [3.8, 4) is 11.1 Å². The zero-order chi connectivity index (χ0) is 16.9. The summed E-state index contributed by atoms with van der Waals surface area (Å²) in [7, 11) is 1.46. The molecule has 24 heavy (non-hydrogen) atoms. The van der Waals surface area contributed by atoms with E-state index in [1.165, 1.54) is 25.1 Å². The van der Waals surface area contributed by atoms with Gasteiger partial charge in [-0.05, 0) is 5.56 Å². The number of urea groups is 1. The van der Waals surface area contributed by atoms with Crippen LogP contribution in [0.4, 0.5) is 4.79 Å². The molecule has 0 aliphatic heterocycles. The summed E-state index contributed by atoms with van der Waals surface area (Å²) in [5, 5.41) is 8.29. The van der Waals surface area contributed by atoms with E-state index in [0.717, 1.165) is 26.4 Å². The Hall–Kier alpha value is -2.45. The van der Waals surface area contributed by atoms with Gasteiger partial charge in [-0.2, -0.15) is 0 Å². The van der Waals surface area contributed by atoms with Crippen molar-refractivity contribution in [2.24, 2.45) is 0 Å². The summed E-state index contributed by atoms with van der Waals surface area (Å²) < 4.78 is 0. The summed E-state index contributed by atoms with van der Waals surface area (Å²) in [6, 6.07) is 9.46. The Labute approximate surface area is 146 Å². The Morgan fingerprint density at radius 1 is 1.21 bits per heavy atom. The molecule has 0 fully saturated rings. The second-order valence-corrected chi connectivity index (χ2v) is 6.61. The van der Waals surface area contributed by atoms with Crippen LogP contribution < -0.4 is 10.6 Å². The number of amides is 3. The lowest BCUT2D eigenvalue weighted by molar-refractivity contribution is -0.117. The van der Waals surface area contributed by atoms with Gasteiger partial charge in [-0.25, -0.2) is 14.8 Å². The highest BCUT2D eigenvalue weighted by Crippen LogP contribution is 2.37. The molecule has 0 saturated heterocycles. The molecule has 0 bridgehead atoms. The van der Waals surface area contributed by atoms with Crippen molar-refractivity contribution < 1.29 is 9.59 Å². The number of imide groups is 1. The number of hydrogen-bond donors (Lipinski definition) is 2. The molecule has 0 saturated carbocycles. The quantitative estimate of drug-likeness (QED) is 0.553. The lowest BCUT2D eigenvalue weighted by Crippen LogP contribution is -2.38. The molecule has 0 unspecified atom stereocenters. The predicted octanol–water partition coefficient (Wildman–Crippen LogP) is 2.91. The topological polar surface area (TPSA) is 84.0 Å². The first-order valence-corrected chi connectivity index (χ1v) is 8.97. The molecule has 0 aliphatic carbocycles. The molecule has 8 heteroatoms. The molecule has 2 aromatic heterocycles. The van der Waals surface area contributed by atoms with Gasteiger partial charge in [0.05, 0.1) is 11.1 Å². The molecule has 0 aliphatic rings. The molecule has 0 spiro atoms. The molecule has 3 aromatic rings. The van der Waals surface area contributed by atoms with Crippen molar-refractivity contribution in [3.05, 3.63) is 42.0 Å². The van der Waals surface area contributed by atoms with Gasteiger partial charge in [-0.3, -0.25) is 10.1 Å². The summed E-state index contributed by atoms with van der Waals surface area (Å²) in [4.78, 5) is 32.4. The van der Waals surface area contributed by atoms with Crippen molar-refractivity contribution in [3.63, 3.8) is 0 Å². The van der Waals surface area contributed by atoms with Crippen LogP contribution in [0.15, 0.2) is 47.1 Å². The van der Waals surface area contributed by atoms with E-state index in [4.69, 9.17) is 0 Å². The molecule has 0 radical (unpaired) electrons. The highest BCUT2D eigenvalue weighted by atomic mass is 32.2. The highest BCUT2D eigenvalue weighted by molar-refractivity contribution is 8.00. The molecule has 3 amide bonds. The lowest BCUT2D eigenvalue weighted by atomic mass is 10.1. The number of benzene rings is 1. The highest BCUT2D eigenvalue weighted by Gasteiger charge is 2.15. The summed E-state index contributed by atoms with van der Waals surface area (Å²) >= 11 is 2.83. The number of aromatic nitrogens is 2. The van der Waals surface area contributed by atoms with Gasteiger partial charge in [0, 0.05) is 18.0 Å². The van der Waals surface area contributed by atoms with Crippen LogP contribution in [-0.2, 0) is 4.79 Å². The largest absolute Gasteiger partial charge is 0.341 e. The summed E-state index contributed by atoms with van der Waals surface area (Å²) in [5.41, 5.74) is 2.13. The number of carbonyl (C=O) groups excluding carboxylic acids is 2. The van der Waals surface area contributed by atoms with Gasteiger partial charge in [0.2, 0.25) is 5.91 Å². The molecule has 2 N–H and O–H groups in total. The summed E-state index contributed by atoms with van der Waals surface area (Å²) in [6.45, 7) is 0. The number of fused-ring (bicyclic) bond motifs is 1. The van der Waals surface area contributed by atoms with E-state index in [-0.39, 0.29) is 11.7 Å². The van der Waals surface area contributed by atoms with Crippen LogP contribution in [-0.4, -0.2) is 34.7 Å². The van der Waals surface area contributed by atoms with Crippen LogP contribution in [0.1, 0.15) is 0 Å². The Balaban J connectivity index is 1.87. The number of rotatable bonds is 4. The minimum absolute atomic E-state index is 0.101. The van der Waals surface area contributed by atoms with E-state index in [1.54, 1.807) is 11.3 Å². The summed E-state index contributed by atoms with van der Waals surface area (Å²) in [6.07, 6.45) is 1.49. The van der Waals surface area contributed by atoms with E-state index < -0.39 is 6.03 Å². The first kappa shape index (κ1) is 16.4.